The van der Waals surface area contributed by atoms with Crippen molar-refractivity contribution < 1.29 is 4.74 Å². The Bertz CT molecular complexity index is 429. The number of aromatic nitrogens is 2. The van der Waals surface area contributed by atoms with E-state index < -0.39 is 0 Å². The predicted octanol–water partition coefficient (Wildman–Crippen LogP) is 2.28. The topological polar surface area (TPSA) is 42.3 Å². The molecule has 0 aliphatic carbocycles. The fraction of sp³-hybridized carbons (Fsp3) is 0.800. The van der Waals surface area contributed by atoms with Gasteiger partial charge in [0, 0.05) is 19.1 Å². The molecule has 2 rings (SSSR count). The Morgan fingerprint density at radius 2 is 2.38 bits per heavy atom. The van der Waals surface area contributed by atoms with Crippen LogP contribution < -0.4 is 5.32 Å². The Kier molecular flexibility index (Phi) is 6.67. The summed E-state index contributed by atoms with van der Waals surface area (Å²) in [6.07, 6.45) is 4.28. The van der Waals surface area contributed by atoms with E-state index in [2.05, 4.69) is 56.9 Å². The number of nitrogens with one attached hydrogen (secondary N) is 1. The lowest BCUT2D eigenvalue weighted by Crippen LogP contribution is -2.35. The molecule has 120 valence electrons. The third kappa shape index (κ3) is 4.52. The number of rotatable bonds is 7. The van der Waals surface area contributed by atoms with Gasteiger partial charge in [0.2, 0.25) is 0 Å². The lowest BCUT2D eigenvalue weighted by Gasteiger charge is -2.31. The Morgan fingerprint density at radius 3 is 3.00 bits per heavy atom. The van der Waals surface area contributed by atoms with Crippen LogP contribution in [0.3, 0.4) is 0 Å². The minimum Gasteiger partial charge on any atom is -0.381 e. The molecule has 1 fully saturated rings. The fourth-order valence-corrected chi connectivity index (χ4v) is 3.43. The minimum absolute atomic E-state index is 0.300. The van der Waals surface area contributed by atoms with E-state index in [1.807, 2.05) is 6.20 Å². The van der Waals surface area contributed by atoms with Gasteiger partial charge in [-0.25, -0.2) is 0 Å². The number of halogens is 1. The number of nitrogens with zero attached hydrogens (tertiary/aromatic N) is 3. The van der Waals surface area contributed by atoms with Crippen molar-refractivity contribution in [1.29, 1.82) is 0 Å². The zero-order chi connectivity index (χ0) is 15.2. The summed E-state index contributed by atoms with van der Waals surface area (Å²) >= 11 is 3.68. The molecule has 0 amide bonds. The van der Waals surface area contributed by atoms with Crippen LogP contribution in [-0.4, -0.2) is 55.1 Å². The van der Waals surface area contributed by atoms with E-state index in [1.54, 1.807) is 0 Å². The summed E-state index contributed by atoms with van der Waals surface area (Å²) in [5.74, 6) is 0.518. The number of hydrogen-bond acceptors (Lipinski definition) is 4. The molecule has 2 unspecified atom stereocenters. The summed E-state index contributed by atoms with van der Waals surface area (Å²) in [4.78, 5) is 2.19. The molecule has 0 spiro atoms. The Morgan fingerprint density at radius 1 is 1.57 bits per heavy atom. The van der Waals surface area contributed by atoms with Crippen molar-refractivity contribution in [3.8, 4) is 0 Å². The third-order valence-electron chi connectivity index (χ3n) is 3.98. The molecule has 21 heavy (non-hydrogen) atoms. The van der Waals surface area contributed by atoms with Gasteiger partial charge < -0.3 is 15.0 Å². The van der Waals surface area contributed by atoms with Gasteiger partial charge in [0.15, 0.2) is 0 Å². The first-order valence-corrected chi connectivity index (χ1v) is 8.59. The van der Waals surface area contributed by atoms with E-state index >= 15 is 0 Å². The average Bonchev–Trinajstić information content (AvgIpc) is 2.84. The number of ether oxygens (including phenoxy) is 1. The van der Waals surface area contributed by atoms with Crippen molar-refractivity contribution in [1.82, 2.24) is 20.0 Å². The Balaban J connectivity index is 2.19. The van der Waals surface area contributed by atoms with Crippen LogP contribution in [-0.2, 0) is 11.3 Å². The first kappa shape index (κ1) is 16.9. The van der Waals surface area contributed by atoms with Crippen LogP contribution in [0.1, 0.15) is 31.5 Å². The summed E-state index contributed by atoms with van der Waals surface area (Å²) < 4.78 is 8.92. The highest BCUT2D eigenvalue weighted by Crippen LogP contribution is 2.33. The van der Waals surface area contributed by atoms with Gasteiger partial charge in [0.05, 0.1) is 35.6 Å². The standard InChI is InChI=1S/C15H27BrN4O/c1-4-17-14(12-6-5-9-21-11-12)15-13(16)10-18-20(15)8-7-19(2)3/h10,12,14,17H,4-9,11H2,1-3H3. The molecule has 0 saturated carbocycles. The largest absolute Gasteiger partial charge is 0.381 e. The van der Waals surface area contributed by atoms with Gasteiger partial charge in [-0.05, 0) is 49.4 Å². The van der Waals surface area contributed by atoms with Gasteiger partial charge in [0.1, 0.15) is 0 Å². The van der Waals surface area contributed by atoms with Gasteiger partial charge in [-0.15, -0.1) is 0 Å². The van der Waals surface area contributed by atoms with E-state index in [9.17, 15) is 0 Å². The molecule has 5 nitrogen and oxygen atoms in total. The van der Waals surface area contributed by atoms with Crippen molar-refractivity contribution >= 4 is 15.9 Å². The Labute approximate surface area is 136 Å². The number of likely N-dealkylation sites (N-methyl/N-ethyl adjacent to an activating group) is 1. The van der Waals surface area contributed by atoms with Crippen LogP contribution >= 0.6 is 15.9 Å². The second kappa shape index (κ2) is 8.27. The zero-order valence-corrected chi connectivity index (χ0v) is 14.9. The van der Waals surface area contributed by atoms with E-state index in [0.717, 1.165) is 43.7 Å². The SMILES string of the molecule is CCNC(c1c(Br)cnn1CCN(C)C)C1CCCOC1. The maximum Gasteiger partial charge on any atom is 0.0699 e. The van der Waals surface area contributed by atoms with Crippen LogP contribution in [0.15, 0.2) is 10.7 Å². The van der Waals surface area contributed by atoms with E-state index in [1.165, 1.54) is 12.1 Å². The third-order valence-corrected chi connectivity index (χ3v) is 4.59. The maximum atomic E-state index is 5.69. The smallest absolute Gasteiger partial charge is 0.0699 e. The molecule has 1 aliphatic rings. The molecule has 1 N–H and O–H groups in total. The molecular weight excluding hydrogens is 332 g/mol. The highest BCUT2D eigenvalue weighted by molar-refractivity contribution is 9.10. The Hall–Kier alpha value is -0.430. The van der Waals surface area contributed by atoms with E-state index in [4.69, 9.17) is 4.74 Å². The molecule has 0 bridgehead atoms. The average molecular weight is 359 g/mol. The van der Waals surface area contributed by atoms with Gasteiger partial charge in [0.25, 0.3) is 0 Å². The summed E-state index contributed by atoms with van der Waals surface area (Å²) in [5, 5.41) is 8.19. The molecule has 0 radical (unpaired) electrons. The zero-order valence-electron chi connectivity index (χ0n) is 13.3. The van der Waals surface area contributed by atoms with Crippen molar-refractivity contribution in [2.24, 2.45) is 5.92 Å². The molecular formula is C15H27BrN4O. The van der Waals surface area contributed by atoms with Crippen LogP contribution in [0, 0.1) is 5.92 Å². The van der Waals surface area contributed by atoms with E-state index in [-0.39, 0.29) is 0 Å². The summed E-state index contributed by atoms with van der Waals surface area (Å²) in [5.41, 5.74) is 1.26. The minimum atomic E-state index is 0.300. The molecule has 2 heterocycles. The van der Waals surface area contributed by atoms with Crippen molar-refractivity contribution in [2.75, 3.05) is 40.4 Å². The maximum absolute atomic E-state index is 5.69. The van der Waals surface area contributed by atoms with Crippen LogP contribution in [0.25, 0.3) is 0 Å². The normalized spacial score (nSPS) is 20.9. The first-order valence-electron chi connectivity index (χ1n) is 7.80. The van der Waals surface area contributed by atoms with Crippen molar-refractivity contribution in [2.45, 2.75) is 32.4 Å². The molecule has 1 aromatic heterocycles. The molecule has 1 saturated heterocycles. The van der Waals surface area contributed by atoms with Gasteiger partial charge in [-0.2, -0.15) is 5.10 Å². The summed E-state index contributed by atoms with van der Waals surface area (Å²) in [7, 11) is 4.18. The van der Waals surface area contributed by atoms with Crippen LogP contribution in [0.2, 0.25) is 0 Å². The molecule has 0 aromatic carbocycles. The van der Waals surface area contributed by atoms with Crippen molar-refractivity contribution in [3.63, 3.8) is 0 Å². The lowest BCUT2D eigenvalue weighted by atomic mass is 9.91. The van der Waals surface area contributed by atoms with Gasteiger partial charge >= 0.3 is 0 Å². The molecule has 2 atom stereocenters. The quantitative estimate of drug-likeness (QED) is 0.811. The highest BCUT2D eigenvalue weighted by Gasteiger charge is 2.29. The molecule has 6 heteroatoms. The van der Waals surface area contributed by atoms with Crippen LogP contribution in [0.4, 0.5) is 0 Å². The van der Waals surface area contributed by atoms with Crippen LogP contribution in [0.5, 0.6) is 0 Å². The van der Waals surface area contributed by atoms with Crippen molar-refractivity contribution in [3.05, 3.63) is 16.4 Å². The summed E-state index contributed by atoms with van der Waals surface area (Å²) in [6, 6.07) is 0.300. The fourth-order valence-electron chi connectivity index (χ4n) is 2.89. The van der Waals surface area contributed by atoms with Gasteiger partial charge in [-0.1, -0.05) is 6.92 Å². The van der Waals surface area contributed by atoms with E-state index in [0.29, 0.717) is 12.0 Å². The second-order valence-electron chi connectivity index (χ2n) is 5.92. The molecule has 1 aromatic rings. The lowest BCUT2D eigenvalue weighted by molar-refractivity contribution is 0.0377. The molecule has 1 aliphatic heterocycles. The predicted molar refractivity (Wildman–Crippen MR) is 88.4 cm³/mol. The second-order valence-corrected chi connectivity index (χ2v) is 6.77. The first-order chi connectivity index (χ1) is 10.1. The summed E-state index contributed by atoms with van der Waals surface area (Å²) in [6.45, 7) is 6.74. The van der Waals surface area contributed by atoms with Gasteiger partial charge in [-0.3, -0.25) is 4.68 Å². The monoisotopic (exact) mass is 358 g/mol. The highest BCUT2D eigenvalue weighted by atomic mass is 79.9. The number of hydrogen-bond donors (Lipinski definition) is 1.